The van der Waals surface area contributed by atoms with Gasteiger partial charge in [-0.1, -0.05) is 32.5 Å². The minimum Gasteiger partial charge on any atom is -0.249 e. The van der Waals surface area contributed by atoms with Crippen LogP contribution in [0.1, 0.15) is 26.3 Å². The number of halogens is 1. The van der Waals surface area contributed by atoms with Crippen molar-refractivity contribution in [2.75, 3.05) is 0 Å². The summed E-state index contributed by atoms with van der Waals surface area (Å²) in [4.78, 5) is 4.34. The summed E-state index contributed by atoms with van der Waals surface area (Å²) in [5.41, 5.74) is 1.24. The number of hydrogen-bond acceptors (Lipinski definition) is 2. The van der Waals surface area contributed by atoms with Gasteiger partial charge >= 0.3 is 0 Å². The van der Waals surface area contributed by atoms with Crippen molar-refractivity contribution < 1.29 is 0 Å². The lowest BCUT2D eigenvalue weighted by molar-refractivity contribution is 0.798. The number of hydrogen-bond donors (Lipinski definition) is 0. The van der Waals surface area contributed by atoms with E-state index < -0.39 is 0 Å². The Morgan fingerprint density at radius 2 is 2.00 bits per heavy atom. The van der Waals surface area contributed by atoms with Crippen molar-refractivity contribution in [3.63, 3.8) is 0 Å². The van der Waals surface area contributed by atoms with Gasteiger partial charge in [-0.2, -0.15) is 0 Å². The molecule has 0 aliphatic heterocycles. The number of pyridine rings is 1. The molecule has 1 aromatic rings. The third-order valence-corrected chi connectivity index (χ3v) is 3.83. The first kappa shape index (κ1) is 11.1. The van der Waals surface area contributed by atoms with Crippen molar-refractivity contribution in [3.05, 3.63) is 22.3 Å². The molecule has 0 amide bonds. The molecule has 3 heteroatoms. The zero-order valence-electron chi connectivity index (χ0n) is 8.39. The standard InChI is InChI=1S/C10H14BrNS/c1-7-5-6-12-9(8(7)11)13-10(2,3)4/h5-6H,1-4H3. The van der Waals surface area contributed by atoms with Crippen LogP contribution in [0.5, 0.6) is 0 Å². The molecule has 0 aromatic carbocycles. The van der Waals surface area contributed by atoms with Gasteiger partial charge in [0.2, 0.25) is 0 Å². The Bertz CT molecular complexity index is 304. The number of thioether (sulfide) groups is 1. The smallest absolute Gasteiger partial charge is 0.111 e. The van der Waals surface area contributed by atoms with Gasteiger partial charge in [-0.25, -0.2) is 4.98 Å². The minimum atomic E-state index is 0.212. The molecule has 13 heavy (non-hydrogen) atoms. The van der Waals surface area contributed by atoms with Gasteiger partial charge in [-0.15, -0.1) is 0 Å². The second kappa shape index (κ2) is 4.01. The molecule has 0 saturated heterocycles. The molecular formula is C10H14BrNS. The van der Waals surface area contributed by atoms with E-state index in [-0.39, 0.29) is 4.75 Å². The Labute approximate surface area is 92.5 Å². The Morgan fingerprint density at radius 1 is 1.38 bits per heavy atom. The molecule has 0 aliphatic carbocycles. The summed E-state index contributed by atoms with van der Waals surface area (Å²) in [6, 6.07) is 2.01. The highest BCUT2D eigenvalue weighted by molar-refractivity contribution is 9.10. The summed E-state index contributed by atoms with van der Waals surface area (Å²) in [5.74, 6) is 0. The third-order valence-electron chi connectivity index (χ3n) is 1.45. The second-order valence-corrected chi connectivity index (χ2v) is 6.57. The number of rotatable bonds is 1. The summed E-state index contributed by atoms with van der Waals surface area (Å²) >= 11 is 5.33. The maximum atomic E-state index is 4.34. The fourth-order valence-corrected chi connectivity index (χ4v) is 2.30. The van der Waals surface area contributed by atoms with Crippen LogP contribution < -0.4 is 0 Å². The van der Waals surface area contributed by atoms with Gasteiger partial charge in [-0.3, -0.25) is 0 Å². The highest BCUT2D eigenvalue weighted by Gasteiger charge is 2.15. The van der Waals surface area contributed by atoms with Gasteiger partial charge < -0.3 is 0 Å². The Hall–Kier alpha value is -0.0200. The average Bonchev–Trinajstić information content (AvgIpc) is 1.96. The van der Waals surface area contributed by atoms with Crippen LogP contribution in [-0.2, 0) is 0 Å². The van der Waals surface area contributed by atoms with E-state index in [1.807, 2.05) is 12.3 Å². The predicted octanol–water partition coefficient (Wildman–Crippen LogP) is 4.04. The van der Waals surface area contributed by atoms with Crippen molar-refractivity contribution in [1.29, 1.82) is 0 Å². The fraction of sp³-hybridized carbons (Fsp3) is 0.500. The monoisotopic (exact) mass is 259 g/mol. The number of nitrogens with zero attached hydrogens (tertiary/aromatic N) is 1. The molecular weight excluding hydrogens is 246 g/mol. The van der Waals surface area contributed by atoms with E-state index in [9.17, 15) is 0 Å². The van der Waals surface area contributed by atoms with Gasteiger partial charge in [0.25, 0.3) is 0 Å². The summed E-state index contributed by atoms with van der Waals surface area (Å²) in [6.07, 6.45) is 1.86. The first-order valence-electron chi connectivity index (χ1n) is 4.20. The van der Waals surface area contributed by atoms with E-state index in [4.69, 9.17) is 0 Å². The molecule has 0 bridgehead atoms. The highest BCUT2D eigenvalue weighted by Crippen LogP contribution is 2.35. The van der Waals surface area contributed by atoms with Crippen LogP contribution >= 0.6 is 27.7 Å². The van der Waals surface area contributed by atoms with E-state index >= 15 is 0 Å². The van der Waals surface area contributed by atoms with Crippen LogP contribution in [0.25, 0.3) is 0 Å². The van der Waals surface area contributed by atoms with Crippen molar-refractivity contribution in [1.82, 2.24) is 4.98 Å². The van der Waals surface area contributed by atoms with Crippen LogP contribution in [-0.4, -0.2) is 9.73 Å². The normalized spacial score (nSPS) is 11.8. The number of aryl methyl sites for hydroxylation is 1. The molecule has 0 radical (unpaired) electrons. The van der Waals surface area contributed by atoms with Gasteiger partial charge in [0.1, 0.15) is 5.03 Å². The largest absolute Gasteiger partial charge is 0.249 e. The van der Waals surface area contributed by atoms with E-state index in [1.54, 1.807) is 11.8 Å². The third kappa shape index (κ3) is 3.31. The van der Waals surface area contributed by atoms with E-state index in [2.05, 4.69) is 48.6 Å². The molecule has 1 heterocycles. The molecule has 1 aromatic heterocycles. The van der Waals surface area contributed by atoms with E-state index in [1.165, 1.54) is 5.56 Å². The summed E-state index contributed by atoms with van der Waals surface area (Å²) in [7, 11) is 0. The molecule has 1 nitrogen and oxygen atoms in total. The first-order valence-corrected chi connectivity index (χ1v) is 5.81. The molecule has 0 N–H and O–H groups in total. The molecule has 0 spiro atoms. The van der Waals surface area contributed by atoms with Crippen LogP contribution in [0.4, 0.5) is 0 Å². The lowest BCUT2D eigenvalue weighted by atomic mass is 10.3. The van der Waals surface area contributed by atoms with Crippen molar-refractivity contribution in [2.45, 2.75) is 37.5 Å². The Balaban J connectivity index is 2.96. The van der Waals surface area contributed by atoms with Crippen molar-refractivity contribution >= 4 is 27.7 Å². The molecule has 0 fully saturated rings. The summed E-state index contributed by atoms with van der Waals surface area (Å²) < 4.78 is 1.33. The van der Waals surface area contributed by atoms with Crippen LogP contribution in [0.15, 0.2) is 21.8 Å². The van der Waals surface area contributed by atoms with Gasteiger partial charge in [0.05, 0.1) is 4.47 Å². The zero-order valence-corrected chi connectivity index (χ0v) is 10.8. The molecule has 0 saturated carbocycles. The molecule has 72 valence electrons. The van der Waals surface area contributed by atoms with Crippen LogP contribution in [0.2, 0.25) is 0 Å². The summed E-state index contributed by atoms with van der Waals surface area (Å²) in [6.45, 7) is 8.65. The lowest BCUT2D eigenvalue weighted by Gasteiger charge is -2.17. The number of aromatic nitrogens is 1. The fourth-order valence-electron chi connectivity index (χ4n) is 0.876. The van der Waals surface area contributed by atoms with Crippen molar-refractivity contribution in [3.8, 4) is 0 Å². The minimum absolute atomic E-state index is 0.212. The second-order valence-electron chi connectivity index (χ2n) is 3.96. The maximum absolute atomic E-state index is 4.34. The van der Waals surface area contributed by atoms with Gasteiger partial charge in [-0.05, 0) is 34.5 Å². The topological polar surface area (TPSA) is 12.9 Å². The first-order chi connectivity index (χ1) is 5.90. The Kier molecular flexibility index (Phi) is 3.41. The lowest BCUT2D eigenvalue weighted by Crippen LogP contribution is -2.07. The van der Waals surface area contributed by atoms with E-state index in [0.717, 1.165) is 9.50 Å². The predicted molar refractivity (Wildman–Crippen MR) is 62.3 cm³/mol. The SMILES string of the molecule is Cc1ccnc(SC(C)(C)C)c1Br. The van der Waals surface area contributed by atoms with E-state index in [0.29, 0.717) is 0 Å². The van der Waals surface area contributed by atoms with Crippen LogP contribution in [0.3, 0.4) is 0 Å². The average molecular weight is 260 g/mol. The molecule has 0 atom stereocenters. The molecule has 0 unspecified atom stereocenters. The Morgan fingerprint density at radius 3 is 2.54 bits per heavy atom. The summed E-state index contributed by atoms with van der Waals surface area (Å²) in [5, 5.41) is 1.08. The van der Waals surface area contributed by atoms with Crippen LogP contribution in [0, 0.1) is 6.92 Å². The maximum Gasteiger partial charge on any atom is 0.111 e. The highest BCUT2D eigenvalue weighted by atomic mass is 79.9. The van der Waals surface area contributed by atoms with Gasteiger partial charge in [0.15, 0.2) is 0 Å². The molecule has 1 rings (SSSR count). The van der Waals surface area contributed by atoms with Crippen molar-refractivity contribution in [2.24, 2.45) is 0 Å². The zero-order chi connectivity index (χ0) is 10.1. The quantitative estimate of drug-likeness (QED) is 0.707. The molecule has 0 aliphatic rings. The van der Waals surface area contributed by atoms with Gasteiger partial charge in [0, 0.05) is 10.9 Å².